The lowest BCUT2D eigenvalue weighted by Crippen LogP contribution is -2.26. The van der Waals surface area contributed by atoms with Crippen molar-refractivity contribution in [1.29, 1.82) is 0 Å². The summed E-state index contributed by atoms with van der Waals surface area (Å²) < 4.78 is 0. The standard InChI is InChI=1S/C26H27N3OS/c1-16(20-13-12-18-8-6-7-11-21(18)14-20)27-17(2)24-28-25(30)23-22(15-31-26(23)29-24)19-9-4-3-5-10-19/h3-5,9-10,12-17,27H,6-8,11H2,1-2H3,(H,28,29,30)/t16-,17-/m1/s1. The highest BCUT2D eigenvalue weighted by molar-refractivity contribution is 7.17. The average Bonchev–Trinajstić information content (AvgIpc) is 3.24. The number of aromatic amines is 1. The molecule has 4 aromatic rings. The maximum Gasteiger partial charge on any atom is 0.260 e. The van der Waals surface area contributed by atoms with Crippen molar-refractivity contribution in [3.63, 3.8) is 0 Å². The average molecular weight is 430 g/mol. The summed E-state index contributed by atoms with van der Waals surface area (Å²) in [5, 5.41) is 6.33. The third-order valence-electron chi connectivity index (χ3n) is 6.33. The summed E-state index contributed by atoms with van der Waals surface area (Å²) in [6, 6.07) is 17.0. The number of aromatic nitrogens is 2. The van der Waals surface area contributed by atoms with E-state index in [1.165, 1.54) is 53.7 Å². The van der Waals surface area contributed by atoms with Crippen molar-refractivity contribution in [1.82, 2.24) is 15.3 Å². The second-order valence-corrected chi connectivity index (χ2v) is 9.35. The Balaban J connectivity index is 1.40. The number of hydrogen-bond acceptors (Lipinski definition) is 4. The summed E-state index contributed by atoms with van der Waals surface area (Å²) in [4.78, 5) is 21.6. The zero-order chi connectivity index (χ0) is 21.4. The number of aryl methyl sites for hydroxylation is 2. The molecular weight excluding hydrogens is 402 g/mol. The fraction of sp³-hybridized carbons (Fsp3) is 0.308. The van der Waals surface area contributed by atoms with Crippen LogP contribution in [0.1, 0.15) is 61.3 Å². The highest BCUT2D eigenvalue weighted by Gasteiger charge is 2.18. The first-order chi connectivity index (χ1) is 15.1. The van der Waals surface area contributed by atoms with Gasteiger partial charge in [0, 0.05) is 17.0 Å². The molecule has 5 heteroatoms. The predicted octanol–water partition coefficient (Wildman–Crippen LogP) is 5.94. The molecule has 0 fully saturated rings. The first kappa shape index (κ1) is 20.2. The van der Waals surface area contributed by atoms with Crippen LogP contribution < -0.4 is 10.9 Å². The van der Waals surface area contributed by atoms with Crippen LogP contribution >= 0.6 is 11.3 Å². The van der Waals surface area contributed by atoms with E-state index in [2.05, 4.69) is 42.3 Å². The number of benzene rings is 2. The van der Waals surface area contributed by atoms with Crippen molar-refractivity contribution in [2.24, 2.45) is 0 Å². The minimum atomic E-state index is -0.0739. The van der Waals surface area contributed by atoms with Crippen LogP contribution in [-0.4, -0.2) is 9.97 Å². The molecule has 0 aliphatic heterocycles. The fourth-order valence-electron chi connectivity index (χ4n) is 4.57. The molecule has 158 valence electrons. The van der Waals surface area contributed by atoms with Crippen molar-refractivity contribution in [3.05, 3.63) is 86.8 Å². The number of nitrogens with one attached hydrogen (secondary N) is 2. The van der Waals surface area contributed by atoms with Gasteiger partial charge in [0.1, 0.15) is 10.7 Å². The van der Waals surface area contributed by atoms with Gasteiger partial charge in [0.15, 0.2) is 0 Å². The smallest absolute Gasteiger partial charge is 0.260 e. The summed E-state index contributed by atoms with van der Waals surface area (Å²) >= 11 is 1.53. The Bertz CT molecular complexity index is 1280. The van der Waals surface area contributed by atoms with Crippen LogP contribution in [0.25, 0.3) is 21.3 Å². The fourth-order valence-corrected chi connectivity index (χ4v) is 5.53. The van der Waals surface area contributed by atoms with Gasteiger partial charge in [0.25, 0.3) is 5.56 Å². The lowest BCUT2D eigenvalue weighted by Gasteiger charge is -2.22. The minimum Gasteiger partial charge on any atom is -0.309 e. The molecule has 2 aromatic heterocycles. The van der Waals surface area contributed by atoms with E-state index in [1.807, 2.05) is 35.7 Å². The SMILES string of the molecule is C[C@@H](N[C@H](C)c1nc2scc(-c3ccccc3)c2c(=O)[nH]1)c1ccc2c(c1)CCCC2. The van der Waals surface area contributed by atoms with E-state index in [4.69, 9.17) is 4.98 Å². The van der Waals surface area contributed by atoms with Gasteiger partial charge in [-0.2, -0.15) is 0 Å². The third kappa shape index (κ3) is 3.95. The molecule has 2 heterocycles. The highest BCUT2D eigenvalue weighted by atomic mass is 32.1. The molecule has 2 atom stereocenters. The lowest BCUT2D eigenvalue weighted by molar-refractivity contribution is 0.476. The molecule has 0 spiro atoms. The van der Waals surface area contributed by atoms with Gasteiger partial charge < -0.3 is 10.3 Å². The van der Waals surface area contributed by atoms with E-state index in [0.717, 1.165) is 16.0 Å². The Morgan fingerprint density at radius 1 is 1.00 bits per heavy atom. The van der Waals surface area contributed by atoms with Crippen molar-refractivity contribution in [2.45, 2.75) is 51.6 Å². The summed E-state index contributed by atoms with van der Waals surface area (Å²) in [7, 11) is 0. The molecule has 2 N–H and O–H groups in total. The summed E-state index contributed by atoms with van der Waals surface area (Å²) in [5.41, 5.74) is 6.20. The van der Waals surface area contributed by atoms with Crippen LogP contribution in [0.4, 0.5) is 0 Å². The third-order valence-corrected chi connectivity index (χ3v) is 7.20. The van der Waals surface area contributed by atoms with Crippen LogP contribution in [0.5, 0.6) is 0 Å². The van der Waals surface area contributed by atoms with E-state index >= 15 is 0 Å². The normalized spacial score (nSPS) is 15.5. The van der Waals surface area contributed by atoms with Gasteiger partial charge in [-0.15, -0.1) is 11.3 Å². The zero-order valence-corrected chi connectivity index (χ0v) is 18.8. The van der Waals surface area contributed by atoms with Gasteiger partial charge in [0.05, 0.1) is 11.4 Å². The van der Waals surface area contributed by atoms with E-state index in [9.17, 15) is 4.79 Å². The molecule has 0 saturated carbocycles. The number of hydrogen-bond donors (Lipinski definition) is 2. The van der Waals surface area contributed by atoms with Crippen LogP contribution in [0.3, 0.4) is 0 Å². The first-order valence-electron chi connectivity index (χ1n) is 11.0. The van der Waals surface area contributed by atoms with Gasteiger partial charge in [0.2, 0.25) is 0 Å². The monoisotopic (exact) mass is 429 g/mol. The largest absolute Gasteiger partial charge is 0.309 e. The molecule has 5 rings (SSSR count). The van der Waals surface area contributed by atoms with Crippen molar-refractivity contribution in [2.75, 3.05) is 0 Å². The number of rotatable bonds is 5. The molecule has 0 amide bonds. The van der Waals surface area contributed by atoms with Gasteiger partial charge in [-0.05, 0) is 61.8 Å². The van der Waals surface area contributed by atoms with Gasteiger partial charge >= 0.3 is 0 Å². The highest BCUT2D eigenvalue weighted by Crippen LogP contribution is 2.31. The second kappa shape index (κ2) is 8.40. The van der Waals surface area contributed by atoms with Gasteiger partial charge in [-0.3, -0.25) is 4.79 Å². The van der Waals surface area contributed by atoms with E-state index < -0.39 is 0 Å². The predicted molar refractivity (Wildman–Crippen MR) is 129 cm³/mol. The van der Waals surface area contributed by atoms with Crippen LogP contribution in [0.2, 0.25) is 0 Å². The minimum absolute atomic E-state index is 0.0644. The Morgan fingerprint density at radius 3 is 2.58 bits per heavy atom. The Hall–Kier alpha value is -2.76. The van der Waals surface area contributed by atoms with Crippen LogP contribution in [0, 0.1) is 0 Å². The maximum atomic E-state index is 13.0. The summed E-state index contributed by atoms with van der Waals surface area (Å²) in [5.74, 6) is 0.684. The molecule has 4 nitrogen and oxygen atoms in total. The molecular formula is C26H27N3OS. The molecule has 0 saturated heterocycles. The molecule has 1 aliphatic rings. The Kier molecular flexibility index (Phi) is 5.47. The Morgan fingerprint density at radius 2 is 1.77 bits per heavy atom. The molecule has 2 aromatic carbocycles. The van der Waals surface area contributed by atoms with Gasteiger partial charge in [-0.25, -0.2) is 4.98 Å². The quantitative estimate of drug-likeness (QED) is 0.413. The number of nitrogens with zero attached hydrogens (tertiary/aromatic N) is 1. The maximum absolute atomic E-state index is 13.0. The van der Waals surface area contributed by atoms with Crippen molar-refractivity contribution < 1.29 is 0 Å². The lowest BCUT2D eigenvalue weighted by atomic mass is 9.89. The number of H-pyrrole nitrogens is 1. The van der Waals surface area contributed by atoms with Crippen LogP contribution in [-0.2, 0) is 12.8 Å². The van der Waals surface area contributed by atoms with E-state index in [-0.39, 0.29) is 17.6 Å². The zero-order valence-electron chi connectivity index (χ0n) is 17.9. The number of fused-ring (bicyclic) bond motifs is 2. The number of thiophene rings is 1. The van der Waals surface area contributed by atoms with Gasteiger partial charge in [-0.1, -0.05) is 48.5 Å². The van der Waals surface area contributed by atoms with E-state index in [0.29, 0.717) is 11.2 Å². The Labute approximate surface area is 186 Å². The molecule has 0 bridgehead atoms. The topological polar surface area (TPSA) is 57.8 Å². The van der Waals surface area contributed by atoms with Crippen molar-refractivity contribution in [3.8, 4) is 11.1 Å². The molecule has 0 radical (unpaired) electrons. The summed E-state index contributed by atoms with van der Waals surface area (Å²) in [6.07, 6.45) is 4.96. The first-order valence-corrected chi connectivity index (χ1v) is 11.9. The molecule has 1 aliphatic carbocycles. The molecule has 31 heavy (non-hydrogen) atoms. The van der Waals surface area contributed by atoms with Crippen LogP contribution in [0.15, 0.2) is 58.7 Å². The van der Waals surface area contributed by atoms with E-state index in [1.54, 1.807) is 0 Å². The van der Waals surface area contributed by atoms with Crippen molar-refractivity contribution >= 4 is 21.6 Å². The molecule has 0 unspecified atom stereocenters. The second-order valence-electron chi connectivity index (χ2n) is 8.49. The summed E-state index contributed by atoms with van der Waals surface area (Å²) in [6.45, 7) is 4.24.